The molecule has 0 unspecified atom stereocenters. The molecular weight excluding hydrogens is 352 g/mol. The highest BCUT2D eigenvalue weighted by atomic mass is 16.5. The summed E-state index contributed by atoms with van der Waals surface area (Å²) in [5.41, 5.74) is 0.106. The summed E-state index contributed by atoms with van der Waals surface area (Å²) in [4.78, 5) is 35.8. The molecule has 27 heavy (non-hydrogen) atoms. The van der Waals surface area contributed by atoms with Crippen LogP contribution in [0.5, 0.6) is 17.2 Å². The average Bonchev–Trinajstić information content (AvgIpc) is 2.71. The van der Waals surface area contributed by atoms with Crippen molar-refractivity contribution in [3.05, 3.63) is 51.7 Å². The van der Waals surface area contributed by atoms with Gasteiger partial charge in [-0.25, -0.2) is 0 Å². The molecule has 138 valence electrons. The molecule has 7 heteroatoms. The molecule has 0 saturated carbocycles. The molecule has 0 aliphatic rings. The van der Waals surface area contributed by atoms with Crippen LogP contribution in [-0.2, 0) is 0 Å². The molecule has 0 saturated heterocycles. The molecule has 0 spiro atoms. The Morgan fingerprint density at radius 3 is 1.96 bits per heavy atom. The van der Waals surface area contributed by atoms with Gasteiger partial charge in [-0.1, -0.05) is 0 Å². The zero-order valence-corrected chi connectivity index (χ0v) is 14.9. The highest BCUT2D eigenvalue weighted by Gasteiger charge is 2.25. The number of benzene rings is 2. The van der Waals surface area contributed by atoms with Gasteiger partial charge in [0.25, 0.3) is 0 Å². The van der Waals surface area contributed by atoms with Gasteiger partial charge in [0.2, 0.25) is 0 Å². The quantitative estimate of drug-likeness (QED) is 0.617. The summed E-state index contributed by atoms with van der Waals surface area (Å²) < 4.78 is 21.5. The molecule has 0 amide bonds. The van der Waals surface area contributed by atoms with E-state index in [4.69, 9.17) is 18.6 Å². The Morgan fingerprint density at radius 2 is 1.44 bits per heavy atom. The molecule has 0 fully saturated rings. The predicted octanol–water partition coefficient (Wildman–Crippen LogP) is 3.11. The Bertz CT molecular complexity index is 1080. The maximum atomic E-state index is 12.8. The number of carbonyl (C=O) groups excluding carboxylic acids is 2. The van der Waals surface area contributed by atoms with Crippen molar-refractivity contribution < 1.29 is 28.2 Å². The standard InChI is InChI=1S/C20H16O7/c1-24-12-6-4-11(5-7-12)16-8-15(23)17-18(25-2)13(9-21)14(10-22)19(26-3)20(17)27-16/h4-10H,1-3H3. The number of hydrogen-bond acceptors (Lipinski definition) is 7. The van der Waals surface area contributed by atoms with Crippen LogP contribution >= 0.6 is 0 Å². The first-order valence-electron chi connectivity index (χ1n) is 7.90. The van der Waals surface area contributed by atoms with Crippen molar-refractivity contribution in [2.75, 3.05) is 21.3 Å². The minimum atomic E-state index is -0.433. The largest absolute Gasteiger partial charge is 0.497 e. The van der Waals surface area contributed by atoms with Crippen molar-refractivity contribution in [2.45, 2.75) is 0 Å². The SMILES string of the molecule is COc1ccc(-c2cc(=O)c3c(OC)c(C=O)c(C=O)c(OC)c3o2)cc1. The first kappa shape index (κ1) is 18.2. The molecule has 0 aliphatic heterocycles. The maximum Gasteiger partial charge on any atom is 0.197 e. The lowest BCUT2D eigenvalue weighted by molar-refractivity contribution is 0.109. The summed E-state index contributed by atoms with van der Waals surface area (Å²) in [5.74, 6) is 0.888. The van der Waals surface area contributed by atoms with E-state index in [9.17, 15) is 14.4 Å². The molecule has 1 heterocycles. The van der Waals surface area contributed by atoms with Gasteiger partial charge in [0.15, 0.2) is 29.3 Å². The fourth-order valence-electron chi connectivity index (χ4n) is 2.92. The van der Waals surface area contributed by atoms with E-state index in [1.54, 1.807) is 31.4 Å². The summed E-state index contributed by atoms with van der Waals surface area (Å²) >= 11 is 0. The van der Waals surface area contributed by atoms with Crippen LogP contribution in [0.4, 0.5) is 0 Å². The van der Waals surface area contributed by atoms with Crippen molar-refractivity contribution in [3.8, 4) is 28.6 Å². The molecule has 3 rings (SSSR count). The topological polar surface area (TPSA) is 92.0 Å². The third-order valence-electron chi connectivity index (χ3n) is 4.18. The second-order valence-corrected chi connectivity index (χ2v) is 5.54. The molecule has 7 nitrogen and oxygen atoms in total. The van der Waals surface area contributed by atoms with Crippen LogP contribution < -0.4 is 19.6 Å². The van der Waals surface area contributed by atoms with Crippen LogP contribution in [0.25, 0.3) is 22.3 Å². The van der Waals surface area contributed by atoms with E-state index in [2.05, 4.69) is 0 Å². The molecule has 0 N–H and O–H groups in total. The fourth-order valence-corrected chi connectivity index (χ4v) is 2.92. The molecule has 2 aromatic carbocycles. The van der Waals surface area contributed by atoms with E-state index in [-0.39, 0.29) is 39.4 Å². The second-order valence-electron chi connectivity index (χ2n) is 5.54. The van der Waals surface area contributed by atoms with Gasteiger partial charge in [0.1, 0.15) is 22.6 Å². The number of carbonyl (C=O) groups is 2. The summed E-state index contributed by atoms with van der Waals surface area (Å²) in [5, 5.41) is 0.0271. The number of aldehydes is 2. The number of fused-ring (bicyclic) bond motifs is 1. The maximum absolute atomic E-state index is 12.8. The van der Waals surface area contributed by atoms with Crippen molar-refractivity contribution >= 4 is 23.5 Å². The van der Waals surface area contributed by atoms with E-state index in [0.717, 1.165) is 0 Å². The van der Waals surface area contributed by atoms with Gasteiger partial charge < -0.3 is 18.6 Å². The van der Waals surface area contributed by atoms with Gasteiger partial charge in [-0.05, 0) is 24.3 Å². The highest BCUT2D eigenvalue weighted by Crippen LogP contribution is 2.39. The molecule has 3 aromatic rings. The van der Waals surface area contributed by atoms with Gasteiger partial charge in [0, 0.05) is 11.6 Å². The molecule has 0 bridgehead atoms. The monoisotopic (exact) mass is 368 g/mol. The third-order valence-corrected chi connectivity index (χ3v) is 4.18. The Balaban J connectivity index is 2.41. The van der Waals surface area contributed by atoms with Crippen molar-refractivity contribution in [1.82, 2.24) is 0 Å². The number of methoxy groups -OCH3 is 3. The minimum Gasteiger partial charge on any atom is -0.497 e. The van der Waals surface area contributed by atoms with Gasteiger partial charge in [-0.2, -0.15) is 0 Å². The highest BCUT2D eigenvalue weighted by molar-refractivity contribution is 6.06. The molecule has 1 aromatic heterocycles. The number of hydrogen-bond donors (Lipinski definition) is 0. The molecule has 0 radical (unpaired) electrons. The second kappa shape index (κ2) is 7.33. The smallest absolute Gasteiger partial charge is 0.197 e. The summed E-state index contributed by atoms with van der Waals surface area (Å²) in [6, 6.07) is 8.20. The van der Waals surface area contributed by atoms with Crippen molar-refractivity contribution in [2.24, 2.45) is 0 Å². The summed E-state index contributed by atoms with van der Waals surface area (Å²) in [6.45, 7) is 0. The zero-order chi connectivity index (χ0) is 19.6. The van der Waals surface area contributed by atoms with E-state index in [1.807, 2.05) is 0 Å². The predicted molar refractivity (Wildman–Crippen MR) is 98.4 cm³/mol. The lowest BCUT2D eigenvalue weighted by atomic mass is 10.0. The first-order chi connectivity index (χ1) is 13.1. The summed E-state index contributed by atoms with van der Waals surface area (Å²) in [7, 11) is 4.18. The summed E-state index contributed by atoms with van der Waals surface area (Å²) in [6.07, 6.45) is 0.909. The van der Waals surface area contributed by atoms with Gasteiger partial charge in [-0.15, -0.1) is 0 Å². The van der Waals surface area contributed by atoms with Crippen LogP contribution in [0, 0.1) is 0 Å². The van der Waals surface area contributed by atoms with E-state index < -0.39 is 5.43 Å². The zero-order valence-electron chi connectivity index (χ0n) is 14.9. The van der Waals surface area contributed by atoms with Gasteiger partial charge in [-0.3, -0.25) is 14.4 Å². The van der Waals surface area contributed by atoms with E-state index >= 15 is 0 Å². The van der Waals surface area contributed by atoms with Crippen LogP contribution in [-0.4, -0.2) is 33.9 Å². The molecular formula is C20H16O7. The normalized spacial score (nSPS) is 10.5. The lowest BCUT2D eigenvalue weighted by Crippen LogP contribution is -2.09. The minimum absolute atomic E-state index is 0.00429. The number of rotatable bonds is 6. The van der Waals surface area contributed by atoms with Crippen LogP contribution in [0.3, 0.4) is 0 Å². The van der Waals surface area contributed by atoms with Crippen LogP contribution in [0.1, 0.15) is 20.7 Å². The molecule has 0 aliphatic carbocycles. The van der Waals surface area contributed by atoms with Crippen molar-refractivity contribution in [3.63, 3.8) is 0 Å². The van der Waals surface area contributed by atoms with Crippen LogP contribution in [0.15, 0.2) is 39.5 Å². The number of ether oxygens (including phenoxy) is 3. The first-order valence-corrected chi connectivity index (χ1v) is 7.90. The lowest BCUT2D eigenvalue weighted by Gasteiger charge is -2.14. The fraction of sp³-hybridized carbons (Fsp3) is 0.150. The Labute approximate surface area is 154 Å². The van der Waals surface area contributed by atoms with Gasteiger partial charge in [0.05, 0.1) is 32.5 Å². The average molecular weight is 368 g/mol. The van der Waals surface area contributed by atoms with Crippen LogP contribution in [0.2, 0.25) is 0 Å². The van der Waals surface area contributed by atoms with Gasteiger partial charge >= 0.3 is 0 Å². The third kappa shape index (κ3) is 2.93. The molecule has 0 atom stereocenters. The van der Waals surface area contributed by atoms with Crippen molar-refractivity contribution in [1.29, 1.82) is 0 Å². The Hall–Kier alpha value is -3.61. The Kier molecular flexibility index (Phi) is 4.94. The van der Waals surface area contributed by atoms with E-state index in [1.165, 1.54) is 20.3 Å². The Morgan fingerprint density at radius 1 is 0.852 bits per heavy atom. The van der Waals surface area contributed by atoms with E-state index in [0.29, 0.717) is 23.9 Å².